The number of nitrogens with one attached hydrogen (secondary N) is 1. The van der Waals surface area contributed by atoms with Crippen LogP contribution in [0.5, 0.6) is 0 Å². The molecule has 0 bridgehead atoms. The normalized spacial score (nSPS) is 21.7. The van der Waals surface area contributed by atoms with Crippen molar-refractivity contribution in [2.75, 3.05) is 26.8 Å². The monoisotopic (exact) mass is 334 g/mol. The van der Waals surface area contributed by atoms with Gasteiger partial charge in [-0.25, -0.2) is 0 Å². The number of benzene rings is 1. The predicted octanol–water partition coefficient (Wildman–Crippen LogP) is 1.52. The molecule has 1 aliphatic heterocycles. The number of nitrogens with zero attached hydrogens (tertiary/aromatic N) is 1. The molecular weight excluding hydrogens is 308 g/mol. The number of ether oxygens (including phenoxy) is 2. The van der Waals surface area contributed by atoms with Crippen molar-refractivity contribution in [3.05, 3.63) is 35.9 Å². The van der Waals surface area contributed by atoms with Gasteiger partial charge in [-0.05, 0) is 26.3 Å². The van der Waals surface area contributed by atoms with Crippen LogP contribution in [-0.2, 0) is 19.1 Å². The Hall–Kier alpha value is -1.92. The van der Waals surface area contributed by atoms with E-state index >= 15 is 0 Å². The summed E-state index contributed by atoms with van der Waals surface area (Å²) in [7, 11) is 1.60. The highest BCUT2D eigenvalue weighted by Gasteiger charge is 2.41. The highest BCUT2D eigenvalue weighted by atomic mass is 16.5. The van der Waals surface area contributed by atoms with E-state index in [0.29, 0.717) is 13.1 Å². The Balaban J connectivity index is 2.22. The van der Waals surface area contributed by atoms with Crippen LogP contribution in [0.4, 0.5) is 0 Å². The van der Waals surface area contributed by atoms with Gasteiger partial charge >= 0.3 is 0 Å². The van der Waals surface area contributed by atoms with Crippen molar-refractivity contribution in [2.24, 2.45) is 0 Å². The zero-order valence-corrected chi connectivity index (χ0v) is 14.7. The fourth-order valence-electron chi connectivity index (χ4n) is 2.72. The number of carbonyl (C=O) groups is 2. The summed E-state index contributed by atoms with van der Waals surface area (Å²) < 4.78 is 10.9. The van der Waals surface area contributed by atoms with Crippen LogP contribution in [0.15, 0.2) is 30.3 Å². The Labute approximate surface area is 143 Å². The molecule has 0 unspecified atom stereocenters. The van der Waals surface area contributed by atoms with Crippen molar-refractivity contribution in [3.8, 4) is 0 Å². The van der Waals surface area contributed by atoms with Gasteiger partial charge in [0.05, 0.1) is 11.6 Å². The van der Waals surface area contributed by atoms with Crippen LogP contribution >= 0.6 is 0 Å². The Bertz CT molecular complexity index is 574. The van der Waals surface area contributed by atoms with Gasteiger partial charge in [-0.1, -0.05) is 30.3 Å². The molecule has 0 aromatic heterocycles. The number of morpholine rings is 1. The third-order valence-electron chi connectivity index (χ3n) is 4.31. The zero-order chi connectivity index (χ0) is 17.7. The topological polar surface area (TPSA) is 67.9 Å². The van der Waals surface area contributed by atoms with E-state index in [1.54, 1.807) is 12.0 Å². The van der Waals surface area contributed by atoms with Crippen LogP contribution in [-0.4, -0.2) is 55.2 Å². The predicted molar refractivity (Wildman–Crippen MR) is 90.4 cm³/mol. The van der Waals surface area contributed by atoms with Crippen molar-refractivity contribution in [2.45, 2.75) is 38.5 Å². The Morgan fingerprint density at radius 2 is 2.04 bits per heavy atom. The molecule has 132 valence electrons. The quantitative estimate of drug-likeness (QED) is 0.856. The molecule has 1 heterocycles. The van der Waals surface area contributed by atoms with Crippen LogP contribution in [0.2, 0.25) is 0 Å². The fourth-order valence-corrected chi connectivity index (χ4v) is 2.72. The van der Waals surface area contributed by atoms with Gasteiger partial charge in [0, 0.05) is 20.2 Å². The van der Waals surface area contributed by atoms with Crippen LogP contribution < -0.4 is 5.32 Å². The molecule has 2 atom stereocenters. The minimum Gasteiger partial charge on any atom is -0.377 e. The molecule has 1 aromatic carbocycles. The molecule has 6 nitrogen and oxygen atoms in total. The van der Waals surface area contributed by atoms with Crippen LogP contribution in [0.1, 0.15) is 32.4 Å². The molecule has 1 saturated heterocycles. The van der Waals surface area contributed by atoms with Gasteiger partial charge in [-0.3, -0.25) is 9.59 Å². The van der Waals surface area contributed by atoms with Crippen LogP contribution in [0.25, 0.3) is 0 Å². The van der Waals surface area contributed by atoms with E-state index in [0.717, 1.165) is 5.56 Å². The van der Waals surface area contributed by atoms with Crippen molar-refractivity contribution >= 4 is 11.8 Å². The smallest absolute Gasteiger partial charge is 0.251 e. The molecular formula is C18H26N2O4. The molecule has 6 heteroatoms. The van der Waals surface area contributed by atoms with Crippen LogP contribution in [0.3, 0.4) is 0 Å². The number of hydrogen-bond acceptors (Lipinski definition) is 4. The Morgan fingerprint density at radius 1 is 1.38 bits per heavy atom. The van der Waals surface area contributed by atoms with Gasteiger partial charge in [0.15, 0.2) is 6.10 Å². The Morgan fingerprint density at radius 3 is 2.62 bits per heavy atom. The molecule has 1 aromatic rings. The Kier molecular flexibility index (Phi) is 5.96. The first-order valence-electron chi connectivity index (χ1n) is 8.18. The summed E-state index contributed by atoms with van der Waals surface area (Å²) in [4.78, 5) is 26.6. The lowest BCUT2D eigenvalue weighted by Gasteiger charge is -2.40. The second kappa shape index (κ2) is 7.77. The minimum atomic E-state index is -0.738. The first kappa shape index (κ1) is 18.4. The standard InChI is InChI=1S/C18H26N2O4/c1-5-20-14(21)11-24-16(15(20)13-9-7-6-8-10-13)17(22)19-12-18(2,3)23-4/h6-10,15-16H,5,11-12H2,1-4H3,(H,19,22)/t15-,16+/m1/s1. The van der Waals surface area contributed by atoms with Crippen molar-refractivity contribution < 1.29 is 19.1 Å². The SMILES string of the molecule is CCN1C(=O)CO[C@H](C(=O)NCC(C)(C)OC)[C@H]1c1ccccc1. The maximum atomic E-state index is 12.7. The van der Waals surface area contributed by atoms with Gasteiger partial charge < -0.3 is 19.7 Å². The van der Waals surface area contributed by atoms with E-state index in [1.165, 1.54) is 0 Å². The van der Waals surface area contributed by atoms with Gasteiger partial charge in [-0.2, -0.15) is 0 Å². The fraction of sp³-hybridized carbons (Fsp3) is 0.556. The lowest BCUT2D eigenvalue weighted by atomic mass is 9.97. The summed E-state index contributed by atoms with van der Waals surface area (Å²) in [5.41, 5.74) is 0.422. The zero-order valence-electron chi connectivity index (χ0n) is 14.7. The lowest BCUT2D eigenvalue weighted by Crippen LogP contribution is -2.55. The maximum absolute atomic E-state index is 12.7. The molecule has 0 spiro atoms. The number of hydrogen-bond donors (Lipinski definition) is 1. The van der Waals surface area contributed by atoms with Crippen molar-refractivity contribution in [1.29, 1.82) is 0 Å². The van der Waals surface area contributed by atoms with E-state index in [9.17, 15) is 9.59 Å². The summed E-state index contributed by atoms with van der Waals surface area (Å²) in [6.07, 6.45) is -0.738. The number of methoxy groups -OCH3 is 1. The third-order valence-corrected chi connectivity index (χ3v) is 4.31. The average Bonchev–Trinajstić information content (AvgIpc) is 2.60. The molecule has 0 radical (unpaired) electrons. The second-order valence-electron chi connectivity index (χ2n) is 6.45. The summed E-state index contributed by atoms with van der Waals surface area (Å²) in [5, 5.41) is 2.88. The lowest BCUT2D eigenvalue weighted by molar-refractivity contribution is -0.164. The first-order chi connectivity index (χ1) is 11.4. The molecule has 1 N–H and O–H groups in total. The van der Waals surface area contributed by atoms with Gasteiger partial charge in [0.1, 0.15) is 6.61 Å². The maximum Gasteiger partial charge on any atom is 0.251 e. The van der Waals surface area contributed by atoms with Crippen molar-refractivity contribution in [1.82, 2.24) is 10.2 Å². The van der Waals surface area contributed by atoms with Crippen molar-refractivity contribution in [3.63, 3.8) is 0 Å². The molecule has 1 fully saturated rings. The molecule has 24 heavy (non-hydrogen) atoms. The molecule has 1 aliphatic rings. The molecule has 0 saturated carbocycles. The molecule has 0 aliphatic carbocycles. The highest BCUT2D eigenvalue weighted by molar-refractivity contribution is 5.86. The number of amides is 2. The van der Waals surface area contributed by atoms with E-state index in [2.05, 4.69) is 5.32 Å². The minimum absolute atomic E-state index is 0.0804. The highest BCUT2D eigenvalue weighted by Crippen LogP contribution is 2.30. The molecule has 2 amide bonds. The van der Waals surface area contributed by atoms with Gasteiger partial charge in [0.2, 0.25) is 5.91 Å². The van der Waals surface area contributed by atoms with Gasteiger partial charge in [0.25, 0.3) is 5.91 Å². The summed E-state index contributed by atoms with van der Waals surface area (Å²) in [5.74, 6) is -0.340. The number of rotatable bonds is 6. The third kappa shape index (κ3) is 4.13. The summed E-state index contributed by atoms with van der Waals surface area (Å²) in [6, 6.07) is 9.09. The number of carbonyl (C=O) groups excluding carboxylic acids is 2. The molecule has 2 rings (SSSR count). The summed E-state index contributed by atoms with van der Waals surface area (Å²) in [6.45, 7) is 6.50. The summed E-state index contributed by atoms with van der Waals surface area (Å²) >= 11 is 0. The largest absolute Gasteiger partial charge is 0.377 e. The average molecular weight is 334 g/mol. The van der Waals surface area contributed by atoms with E-state index in [4.69, 9.17) is 9.47 Å². The van der Waals surface area contributed by atoms with Crippen LogP contribution in [0, 0.1) is 0 Å². The van der Waals surface area contributed by atoms with E-state index < -0.39 is 17.7 Å². The van der Waals surface area contributed by atoms with E-state index in [-0.39, 0.29) is 18.4 Å². The first-order valence-corrected chi connectivity index (χ1v) is 8.18. The number of likely N-dealkylation sites (N-methyl/N-ethyl adjacent to an activating group) is 1. The van der Waals surface area contributed by atoms with E-state index in [1.807, 2.05) is 51.1 Å². The second-order valence-corrected chi connectivity index (χ2v) is 6.45. The van der Waals surface area contributed by atoms with Gasteiger partial charge in [-0.15, -0.1) is 0 Å².